The summed E-state index contributed by atoms with van der Waals surface area (Å²) in [5, 5.41) is 0.804. The summed E-state index contributed by atoms with van der Waals surface area (Å²) in [4.78, 5) is 19.6. The van der Waals surface area contributed by atoms with Gasteiger partial charge in [0.1, 0.15) is 0 Å². The molecule has 2 aromatic rings. The van der Waals surface area contributed by atoms with Gasteiger partial charge in [-0.2, -0.15) is 0 Å². The molecule has 1 aliphatic rings. The Hall–Kier alpha value is -2.27. The van der Waals surface area contributed by atoms with E-state index in [0.29, 0.717) is 13.1 Å². The van der Waals surface area contributed by atoms with Crippen molar-refractivity contribution in [3.05, 3.63) is 57.8 Å². The van der Waals surface area contributed by atoms with E-state index in [9.17, 15) is 4.79 Å². The Balaban J connectivity index is 2.02. The molecular weight excluding hydrogens is 342 g/mol. The molecule has 1 aromatic carbocycles. The number of aliphatic imine (C=N–C) groups is 1. The van der Waals surface area contributed by atoms with Gasteiger partial charge >= 0.3 is 0 Å². The molecule has 0 bridgehead atoms. The van der Waals surface area contributed by atoms with Crippen molar-refractivity contribution in [1.82, 2.24) is 9.47 Å². The number of likely N-dealkylation sites (N-methyl/N-ethyl adjacent to an activating group) is 1. The lowest BCUT2D eigenvalue weighted by Crippen LogP contribution is -2.28. The van der Waals surface area contributed by atoms with Crippen LogP contribution >= 0.6 is 11.8 Å². The molecule has 1 fully saturated rings. The van der Waals surface area contributed by atoms with Gasteiger partial charge in [0.2, 0.25) is 0 Å². The van der Waals surface area contributed by atoms with Crippen LogP contribution in [-0.4, -0.2) is 33.6 Å². The summed E-state index contributed by atoms with van der Waals surface area (Å²) in [5.74, 6) is 0.0464. The predicted octanol–water partition coefficient (Wildman–Crippen LogP) is 4.71. The Morgan fingerprint density at radius 2 is 1.92 bits per heavy atom. The number of hydrogen-bond donors (Lipinski definition) is 0. The summed E-state index contributed by atoms with van der Waals surface area (Å²) >= 11 is 1.47. The van der Waals surface area contributed by atoms with E-state index in [4.69, 9.17) is 0 Å². The number of hydrogen-bond acceptors (Lipinski definition) is 3. The Kier molecular flexibility index (Phi) is 5.37. The zero-order valence-corrected chi connectivity index (χ0v) is 16.9. The molecule has 1 saturated heterocycles. The van der Waals surface area contributed by atoms with E-state index in [1.807, 2.05) is 19.9 Å². The van der Waals surface area contributed by atoms with Gasteiger partial charge in [-0.25, -0.2) is 0 Å². The van der Waals surface area contributed by atoms with E-state index >= 15 is 0 Å². The number of carbonyl (C=O) groups is 1. The van der Waals surface area contributed by atoms with Crippen molar-refractivity contribution in [3.8, 4) is 5.69 Å². The minimum Gasteiger partial charge on any atom is -0.318 e. The molecule has 1 aromatic heterocycles. The Bertz CT molecular complexity index is 908. The smallest absolute Gasteiger partial charge is 0.266 e. The molecule has 0 radical (unpaired) electrons. The number of nitrogens with zero attached hydrogens (tertiary/aromatic N) is 3. The molecule has 5 heteroatoms. The van der Waals surface area contributed by atoms with Crippen molar-refractivity contribution >= 4 is 28.9 Å². The van der Waals surface area contributed by atoms with E-state index in [1.165, 1.54) is 17.3 Å². The van der Waals surface area contributed by atoms with Crippen LogP contribution in [0, 0.1) is 20.8 Å². The second-order valence-corrected chi connectivity index (χ2v) is 7.43. The van der Waals surface area contributed by atoms with Crippen molar-refractivity contribution in [2.75, 3.05) is 13.1 Å². The fourth-order valence-electron chi connectivity index (χ4n) is 3.28. The Labute approximate surface area is 159 Å². The lowest BCUT2D eigenvalue weighted by atomic mass is 10.2. The molecule has 2 heterocycles. The zero-order valence-electron chi connectivity index (χ0n) is 16.0. The standard InChI is InChI=1S/C21H25N3OS/c1-6-22-21-23(7-2)20(25)19(26-21)13-17-12-15(4)24(16(17)5)18-10-8-9-14(3)11-18/h8-13H,6-7H2,1-5H3/b19-13-,22-21?. The predicted molar refractivity (Wildman–Crippen MR) is 111 cm³/mol. The SMILES string of the molecule is CCN=C1S/C(=C\c2cc(C)n(-c3cccc(C)c3)c2C)C(=O)N1CC. The summed E-state index contributed by atoms with van der Waals surface area (Å²) in [6.07, 6.45) is 2.00. The average molecular weight is 368 g/mol. The van der Waals surface area contributed by atoms with Gasteiger partial charge < -0.3 is 4.57 Å². The summed E-state index contributed by atoms with van der Waals surface area (Å²) in [7, 11) is 0. The lowest BCUT2D eigenvalue weighted by Gasteiger charge is -2.11. The van der Waals surface area contributed by atoms with Crippen LogP contribution in [-0.2, 0) is 4.79 Å². The van der Waals surface area contributed by atoms with E-state index in [1.54, 1.807) is 4.90 Å². The van der Waals surface area contributed by atoms with Crippen LogP contribution in [0.2, 0.25) is 0 Å². The van der Waals surface area contributed by atoms with Crippen molar-refractivity contribution in [1.29, 1.82) is 0 Å². The molecule has 26 heavy (non-hydrogen) atoms. The maximum absolute atomic E-state index is 12.7. The molecule has 0 saturated carbocycles. The fourth-order valence-corrected chi connectivity index (χ4v) is 4.38. The first-order valence-electron chi connectivity index (χ1n) is 8.98. The highest BCUT2D eigenvalue weighted by Gasteiger charge is 2.32. The second-order valence-electron chi connectivity index (χ2n) is 6.42. The number of amidine groups is 1. The fraction of sp³-hybridized carbons (Fsp3) is 0.333. The van der Waals surface area contributed by atoms with Gasteiger partial charge in [-0.05, 0) is 81.8 Å². The van der Waals surface area contributed by atoms with Gasteiger partial charge in [-0.15, -0.1) is 0 Å². The maximum atomic E-state index is 12.7. The molecule has 4 nitrogen and oxygen atoms in total. The molecule has 0 N–H and O–H groups in total. The molecule has 0 atom stereocenters. The summed E-state index contributed by atoms with van der Waals surface area (Å²) < 4.78 is 2.24. The van der Waals surface area contributed by atoms with Crippen LogP contribution in [0.5, 0.6) is 0 Å². The van der Waals surface area contributed by atoms with Gasteiger partial charge in [0, 0.05) is 30.2 Å². The lowest BCUT2D eigenvalue weighted by molar-refractivity contribution is -0.122. The molecular formula is C21H25N3OS. The van der Waals surface area contributed by atoms with Crippen molar-refractivity contribution in [3.63, 3.8) is 0 Å². The molecule has 0 spiro atoms. The second kappa shape index (κ2) is 7.54. The van der Waals surface area contributed by atoms with Crippen LogP contribution in [0.25, 0.3) is 11.8 Å². The monoisotopic (exact) mass is 367 g/mol. The van der Waals surface area contributed by atoms with Crippen LogP contribution in [0.4, 0.5) is 0 Å². The molecule has 0 unspecified atom stereocenters. The van der Waals surface area contributed by atoms with Crippen LogP contribution < -0.4 is 0 Å². The molecule has 3 rings (SSSR count). The van der Waals surface area contributed by atoms with Crippen LogP contribution in [0.1, 0.15) is 36.4 Å². The van der Waals surface area contributed by atoms with E-state index in [0.717, 1.165) is 32.7 Å². The highest BCUT2D eigenvalue weighted by atomic mass is 32.2. The van der Waals surface area contributed by atoms with Gasteiger partial charge in [-0.3, -0.25) is 14.7 Å². The third-order valence-corrected chi connectivity index (χ3v) is 5.56. The first-order chi connectivity index (χ1) is 12.5. The van der Waals surface area contributed by atoms with Crippen molar-refractivity contribution < 1.29 is 4.79 Å². The van der Waals surface area contributed by atoms with E-state index in [2.05, 4.69) is 60.7 Å². The van der Waals surface area contributed by atoms with E-state index < -0.39 is 0 Å². The maximum Gasteiger partial charge on any atom is 0.266 e. The zero-order chi connectivity index (χ0) is 18.8. The van der Waals surface area contributed by atoms with Gasteiger partial charge in [0.05, 0.1) is 4.91 Å². The average Bonchev–Trinajstić information content (AvgIpc) is 3.04. The minimum absolute atomic E-state index is 0.0464. The van der Waals surface area contributed by atoms with Crippen LogP contribution in [0.3, 0.4) is 0 Å². The molecule has 136 valence electrons. The van der Waals surface area contributed by atoms with Crippen molar-refractivity contribution in [2.24, 2.45) is 4.99 Å². The number of carbonyl (C=O) groups excluding carboxylic acids is 1. The van der Waals surface area contributed by atoms with Gasteiger partial charge in [-0.1, -0.05) is 12.1 Å². The van der Waals surface area contributed by atoms with Gasteiger partial charge in [0.15, 0.2) is 5.17 Å². The molecule has 1 amide bonds. The summed E-state index contributed by atoms with van der Waals surface area (Å²) in [6, 6.07) is 10.6. The number of thioether (sulfide) groups is 1. The first kappa shape index (κ1) is 18.5. The third-order valence-electron chi connectivity index (χ3n) is 4.51. The van der Waals surface area contributed by atoms with Crippen molar-refractivity contribution in [2.45, 2.75) is 34.6 Å². The Morgan fingerprint density at radius 1 is 1.15 bits per heavy atom. The quantitative estimate of drug-likeness (QED) is 0.734. The number of benzene rings is 1. The first-order valence-corrected chi connectivity index (χ1v) is 9.79. The number of amides is 1. The topological polar surface area (TPSA) is 37.6 Å². The Morgan fingerprint density at radius 3 is 2.58 bits per heavy atom. The molecule has 0 aliphatic carbocycles. The highest BCUT2D eigenvalue weighted by molar-refractivity contribution is 8.18. The summed E-state index contributed by atoms with van der Waals surface area (Å²) in [5.41, 5.74) is 5.76. The normalized spacial score (nSPS) is 17.7. The highest BCUT2D eigenvalue weighted by Crippen LogP contribution is 2.33. The largest absolute Gasteiger partial charge is 0.318 e. The number of aryl methyl sites for hydroxylation is 2. The number of aromatic nitrogens is 1. The minimum atomic E-state index is 0.0464. The summed E-state index contributed by atoms with van der Waals surface area (Å²) in [6.45, 7) is 11.6. The van der Waals surface area contributed by atoms with Gasteiger partial charge in [0.25, 0.3) is 5.91 Å². The number of rotatable bonds is 4. The molecule has 1 aliphatic heterocycles. The van der Waals surface area contributed by atoms with E-state index in [-0.39, 0.29) is 5.91 Å². The third kappa shape index (κ3) is 3.36. The van der Waals surface area contributed by atoms with Crippen LogP contribution in [0.15, 0.2) is 40.2 Å².